The van der Waals surface area contributed by atoms with Crippen LogP contribution in [-0.2, 0) is 7.05 Å². The zero-order valence-electron chi connectivity index (χ0n) is 14.6. The molecule has 3 aromatic rings. The number of aromatic nitrogens is 4. The topological polar surface area (TPSA) is 93.7 Å². The van der Waals surface area contributed by atoms with Crippen LogP contribution >= 0.6 is 11.6 Å². The Morgan fingerprint density at radius 2 is 2.08 bits per heavy atom. The highest BCUT2D eigenvalue weighted by Gasteiger charge is 2.23. The van der Waals surface area contributed by atoms with Gasteiger partial charge < -0.3 is 20.9 Å². The second-order valence-corrected chi connectivity index (χ2v) is 7.19. The van der Waals surface area contributed by atoms with Crippen LogP contribution in [0.15, 0.2) is 30.6 Å². The summed E-state index contributed by atoms with van der Waals surface area (Å²) in [6.07, 6.45) is 6.15. The van der Waals surface area contributed by atoms with Crippen molar-refractivity contribution in [3.8, 4) is 0 Å². The number of imidazole rings is 1. The van der Waals surface area contributed by atoms with Crippen molar-refractivity contribution in [2.24, 2.45) is 12.8 Å². The number of hydrogen-bond acceptors (Lipinski definition) is 6. The summed E-state index contributed by atoms with van der Waals surface area (Å²) < 4.78 is 1.88. The van der Waals surface area contributed by atoms with E-state index >= 15 is 0 Å². The zero-order chi connectivity index (χ0) is 18.1. The fourth-order valence-corrected chi connectivity index (χ4v) is 3.56. The van der Waals surface area contributed by atoms with Gasteiger partial charge in [-0.1, -0.05) is 30.5 Å². The summed E-state index contributed by atoms with van der Waals surface area (Å²) >= 11 is 6.09. The molecule has 0 saturated heterocycles. The van der Waals surface area contributed by atoms with E-state index in [-0.39, 0.29) is 12.1 Å². The summed E-state index contributed by atoms with van der Waals surface area (Å²) in [6, 6.07) is 7.82. The number of aryl methyl sites for hydroxylation is 1. The van der Waals surface area contributed by atoms with Gasteiger partial charge in [-0.25, -0.2) is 4.98 Å². The highest BCUT2D eigenvalue weighted by molar-refractivity contribution is 6.30. The first-order valence-corrected chi connectivity index (χ1v) is 9.22. The number of anilines is 3. The molecule has 1 aliphatic carbocycles. The lowest BCUT2D eigenvalue weighted by atomic mass is 9.91. The molecule has 0 aliphatic heterocycles. The Balaban J connectivity index is 1.69. The number of nitrogens with two attached hydrogens (primary N) is 1. The van der Waals surface area contributed by atoms with Crippen LogP contribution in [-0.4, -0.2) is 31.6 Å². The van der Waals surface area contributed by atoms with Crippen LogP contribution in [0.25, 0.3) is 11.2 Å². The molecular formula is C18H22ClN7. The van der Waals surface area contributed by atoms with Crippen LogP contribution in [0, 0.1) is 0 Å². The number of nitrogens with one attached hydrogen (secondary N) is 2. The molecule has 0 amide bonds. The molecule has 2 heterocycles. The number of fused-ring (bicyclic) bond motifs is 1. The average molecular weight is 372 g/mol. The molecule has 8 heteroatoms. The van der Waals surface area contributed by atoms with Crippen molar-refractivity contribution in [1.29, 1.82) is 0 Å². The van der Waals surface area contributed by atoms with Gasteiger partial charge in [-0.3, -0.25) is 0 Å². The molecule has 1 fully saturated rings. The van der Waals surface area contributed by atoms with Crippen LogP contribution in [0.4, 0.5) is 17.5 Å². The van der Waals surface area contributed by atoms with Crippen molar-refractivity contribution >= 4 is 40.2 Å². The monoisotopic (exact) mass is 371 g/mol. The molecule has 0 radical (unpaired) electrons. The lowest BCUT2D eigenvalue weighted by molar-refractivity contribution is 0.402. The average Bonchev–Trinajstić information content (AvgIpc) is 2.99. The Kier molecular flexibility index (Phi) is 4.65. The van der Waals surface area contributed by atoms with Gasteiger partial charge in [0.05, 0.1) is 6.33 Å². The lowest BCUT2D eigenvalue weighted by Gasteiger charge is -2.29. The van der Waals surface area contributed by atoms with Crippen LogP contribution in [0.5, 0.6) is 0 Å². The minimum Gasteiger partial charge on any atom is -0.350 e. The number of hydrogen-bond donors (Lipinski definition) is 3. The van der Waals surface area contributed by atoms with Gasteiger partial charge in [0.25, 0.3) is 0 Å². The molecule has 1 aromatic carbocycles. The summed E-state index contributed by atoms with van der Waals surface area (Å²) in [5.74, 6) is 1.21. The number of benzene rings is 1. The van der Waals surface area contributed by atoms with Crippen molar-refractivity contribution < 1.29 is 0 Å². The first kappa shape index (κ1) is 17.1. The van der Waals surface area contributed by atoms with E-state index < -0.39 is 0 Å². The van der Waals surface area contributed by atoms with Gasteiger partial charge >= 0.3 is 0 Å². The molecule has 1 saturated carbocycles. The van der Waals surface area contributed by atoms with Gasteiger partial charge in [-0.2, -0.15) is 9.97 Å². The van der Waals surface area contributed by atoms with Gasteiger partial charge in [0.1, 0.15) is 0 Å². The molecule has 4 N–H and O–H groups in total. The summed E-state index contributed by atoms with van der Waals surface area (Å²) in [6.45, 7) is 0. The Bertz CT molecular complexity index is 923. The molecule has 7 nitrogen and oxygen atoms in total. The summed E-state index contributed by atoms with van der Waals surface area (Å²) in [5, 5.41) is 7.39. The van der Waals surface area contributed by atoms with Crippen molar-refractivity contribution in [3.63, 3.8) is 0 Å². The van der Waals surface area contributed by atoms with Crippen molar-refractivity contribution in [3.05, 3.63) is 35.6 Å². The predicted octanol–water partition coefficient (Wildman–Crippen LogP) is 3.44. The van der Waals surface area contributed by atoms with Crippen LogP contribution in [0.3, 0.4) is 0 Å². The molecule has 26 heavy (non-hydrogen) atoms. The van der Waals surface area contributed by atoms with Crippen molar-refractivity contribution in [2.75, 3.05) is 10.6 Å². The van der Waals surface area contributed by atoms with Gasteiger partial charge in [0.2, 0.25) is 5.95 Å². The highest BCUT2D eigenvalue weighted by Crippen LogP contribution is 2.26. The molecular weight excluding hydrogens is 350 g/mol. The van der Waals surface area contributed by atoms with Crippen LogP contribution < -0.4 is 16.4 Å². The standard InChI is InChI=1S/C18H22ClN7/c1-26-10-21-15-16(22-12-6-4-5-11(19)9-12)24-18(25-17(15)26)23-14-8-3-2-7-13(14)20/h4-6,9-10,13-14H,2-3,7-8,20H2,1H3,(H2,22,23,24,25)/t13-,14+/m0/s1. The number of nitrogens with zero attached hydrogens (tertiary/aromatic N) is 4. The number of rotatable bonds is 4. The minimum atomic E-state index is 0.124. The fraction of sp³-hybridized carbons (Fsp3) is 0.389. The molecule has 136 valence electrons. The molecule has 1 aliphatic rings. The maximum Gasteiger partial charge on any atom is 0.227 e. The van der Waals surface area contributed by atoms with Crippen molar-refractivity contribution in [2.45, 2.75) is 37.8 Å². The minimum absolute atomic E-state index is 0.124. The van der Waals surface area contributed by atoms with E-state index in [2.05, 4.69) is 25.6 Å². The van der Waals surface area contributed by atoms with E-state index in [0.717, 1.165) is 24.2 Å². The van der Waals surface area contributed by atoms with E-state index in [0.29, 0.717) is 22.3 Å². The van der Waals surface area contributed by atoms with Gasteiger partial charge in [0.15, 0.2) is 17.0 Å². The first-order valence-electron chi connectivity index (χ1n) is 8.84. The van der Waals surface area contributed by atoms with E-state index in [1.807, 2.05) is 35.9 Å². The second kappa shape index (κ2) is 7.09. The number of halogens is 1. The van der Waals surface area contributed by atoms with Crippen LogP contribution in [0.1, 0.15) is 25.7 Å². The molecule has 0 bridgehead atoms. The Morgan fingerprint density at radius 3 is 2.88 bits per heavy atom. The predicted molar refractivity (Wildman–Crippen MR) is 105 cm³/mol. The zero-order valence-corrected chi connectivity index (χ0v) is 15.4. The quantitative estimate of drug-likeness (QED) is 0.650. The largest absolute Gasteiger partial charge is 0.350 e. The first-order chi connectivity index (χ1) is 12.6. The molecule has 4 rings (SSSR count). The maximum absolute atomic E-state index is 6.26. The third-order valence-corrected chi connectivity index (χ3v) is 5.02. The normalized spacial score (nSPS) is 20.3. The molecule has 0 unspecified atom stereocenters. The molecule has 0 spiro atoms. The Hall–Kier alpha value is -2.38. The van der Waals surface area contributed by atoms with E-state index in [1.54, 1.807) is 6.33 Å². The van der Waals surface area contributed by atoms with E-state index in [9.17, 15) is 0 Å². The maximum atomic E-state index is 6.26. The third-order valence-electron chi connectivity index (χ3n) is 4.78. The van der Waals surface area contributed by atoms with Crippen molar-refractivity contribution in [1.82, 2.24) is 19.5 Å². The Labute approximate surface area is 157 Å². The Morgan fingerprint density at radius 1 is 1.23 bits per heavy atom. The second-order valence-electron chi connectivity index (χ2n) is 6.76. The highest BCUT2D eigenvalue weighted by atomic mass is 35.5. The SMILES string of the molecule is Cn1cnc2c(Nc3cccc(Cl)c3)nc(N[C@@H]3CCCC[C@@H]3N)nc21. The van der Waals surface area contributed by atoms with E-state index in [1.165, 1.54) is 12.8 Å². The molecule has 2 atom stereocenters. The molecule has 2 aromatic heterocycles. The van der Waals surface area contributed by atoms with Gasteiger partial charge in [-0.15, -0.1) is 0 Å². The summed E-state index contributed by atoms with van der Waals surface area (Å²) in [5.41, 5.74) is 8.59. The lowest BCUT2D eigenvalue weighted by Crippen LogP contribution is -2.43. The fourth-order valence-electron chi connectivity index (χ4n) is 3.37. The summed E-state index contributed by atoms with van der Waals surface area (Å²) in [4.78, 5) is 13.7. The smallest absolute Gasteiger partial charge is 0.227 e. The van der Waals surface area contributed by atoms with E-state index in [4.69, 9.17) is 17.3 Å². The van der Waals surface area contributed by atoms with Crippen LogP contribution in [0.2, 0.25) is 5.02 Å². The third kappa shape index (κ3) is 3.45. The van der Waals surface area contributed by atoms with Gasteiger partial charge in [-0.05, 0) is 31.0 Å². The van der Waals surface area contributed by atoms with Gasteiger partial charge in [0, 0.05) is 29.8 Å². The summed E-state index contributed by atoms with van der Waals surface area (Å²) in [7, 11) is 1.92.